The first-order valence-corrected chi connectivity index (χ1v) is 11.6. The van der Waals surface area contributed by atoms with Gasteiger partial charge in [-0.25, -0.2) is 8.78 Å². The Kier molecular flexibility index (Phi) is 16.8. The molecule has 0 aromatic heterocycles. The van der Waals surface area contributed by atoms with Crippen LogP contribution in [0.5, 0.6) is 0 Å². The lowest BCUT2D eigenvalue weighted by molar-refractivity contribution is 0.128. The summed E-state index contributed by atoms with van der Waals surface area (Å²) in [6.45, 7) is 6.54. The average Bonchev–Trinajstić information content (AvgIpc) is 2.49. The molecule has 0 amide bonds. The Morgan fingerprint density at radius 3 is 1.73 bits per heavy atom. The van der Waals surface area contributed by atoms with Crippen molar-refractivity contribution in [2.45, 2.75) is 103 Å². The molecule has 0 unspecified atom stereocenters. The molecule has 22 heavy (non-hydrogen) atoms. The van der Waals surface area contributed by atoms with Crippen LogP contribution in [0.2, 0.25) is 0 Å². The monoisotopic (exact) mass is 354 g/mol. The molecule has 0 saturated carbocycles. The molecule has 0 fully saturated rings. The number of hydrogen-bond acceptors (Lipinski definition) is 2. The molecule has 4 heteroatoms. The molecule has 0 aliphatic rings. The predicted molar refractivity (Wildman–Crippen MR) is 101 cm³/mol. The first-order valence-electron chi connectivity index (χ1n) is 9.22. The molecule has 0 aromatic carbocycles. The van der Waals surface area contributed by atoms with Gasteiger partial charge in [0.05, 0.1) is 0 Å². The number of rotatable bonds is 16. The van der Waals surface area contributed by atoms with Crippen LogP contribution < -0.4 is 0 Å². The van der Waals surface area contributed by atoms with Crippen LogP contribution in [0.25, 0.3) is 0 Å². The van der Waals surface area contributed by atoms with Crippen molar-refractivity contribution >= 4 is 21.6 Å². The minimum atomic E-state index is -2.16. The van der Waals surface area contributed by atoms with Gasteiger partial charge in [0.25, 0.3) is 0 Å². The number of unbranched alkanes of at least 4 members (excludes halogenated alkanes) is 6. The van der Waals surface area contributed by atoms with Crippen LogP contribution in [-0.2, 0) is 0 Å². The lowest BCUT2D eigenvalue weighted by Gasteiger charge is -2.26. The van der Waals surface area contributed by atoms with E-state index in [2.05, 4.69) is 20.8 Å². The van der Waals surface area contributed by atoms with Crippen molar-refractivity contribution < 1.29 is 8.78 Å². The van der Waals surface area contributed by atoms with E-state index in [1.54, 1.807) is 21.6 Å². The highest BCUT2D eigenvalue weighted by Gasteiger charge is 2.25. The molecule has 0 bridgehead atoms. The molecule has 0 aliphatic carbocycles. The summed E-state index contributed by atoms with van der Waals surface area (Å²) < 4.78 is 25.9. The quantitative estimate of drug-likeness (QED) is 0.203. The van der Waals surface area contributed by atoms with Gasteiger partial charge in [-0.15, -0.1) is 0 Å². The summed E-state index contributed by atoms with van der Waals surface area (Å²) in [6.07, 6.45) is 10.2. The van der Waals surface area contributed by atoms with Crippen LogP contribution in [0.1, 0.15) is 91.4 Å². The van der Waals surface area contributed by atoms with Crippen molar-refractivity contribution in [1.29, 1.82) is 0 Å². The molecule has 0 N–H and O–H groups in total. The van der Waals surface area contributed by atoms with E-state index in [-0.39, 0.29) is 11.7 Å². The first-order chi connectivity index (χ1) is 10.7. The van der Waals surface area contributed by atoms with Crippen molar-refractivity contribution in [3.8, 4) is 0 Å². The highest BCUT2D eigenvalue weighted by Crippen LogP contribution is 2.39. The van der Waals surface area contributed by atoms with Gasteiger partial charge in [-0.05, 0) is 18.8 Å². The van der Waals surface area contributed by atoms with E-state index >= 15 is 0 Å². The maximum Gasteiger partial charge on any atom is 0.239 e. The Balaban J connectivity index is 4.41. The molecule has 0 heterocycles. The van der Waals surface area contributed by atoms with Crippen molar-refractivity contribution in [3.63, 3.8) is 0 Å². The lowest BCUT2D eigenvalue weighted by Crippen LogP contribution is -2.20. The van der Waals surface area contributed by atoms with E-state index in [1.807, 2.05) is 0 Å². The fraction of sp³-hybridized carbons (Fsp3) is 1.00. The largest absolute Gasteiger partial charge is 0.239 e. The Labute approximate surface area is 145 Å². The summed E-state index contributed by atoms with van der Waals surface area (Å²) in [5, 5.41) is 0.133. The summed E-state index contributed by atoms with van der Waals surface area (Å²) in [4.78, 5) is 0. The fourth-order valence-electron chi connectivity index (χ4n) is 2.82. The molecule has 0 radical (unpaired) electrons. The molecular weight excluding hydrogens is 318 g/mol. The van der Waals surface area contributed by atoms with Gasteiger partial charge in [-0.1, -0.05) is 93.7 Å². The maximum absolute atomic E-state index is 12.9. The van der Waals surface area contributed by atoms with Crippen LogP contribution >= 0.6 is 21.6 Å². The molecule has 0 nitrogen and oxygen atoms in total. The highest BCUT2D eigenvalue weighted by atomic mass is 33.1. The van der Waals surface area contributed by atoms with Crippen molar-refractivity contribution in [2.75, 3.05) is 5.75 Å². The van der Waals surface area contributed by atoms with Gasteiger partial charge in [0, 0.05) is 17.4 Å². The Morgan fingerprint density at radius 1 is 0.773 bits per heavy atom. The average molecular weight is 355 g/mol. The highest BCUT2D eigenvalue weighted by molar-refractivity contribution is 8.76. The summed E-state index contributed by atoms with van der Waals surface area (Å²) >= 11 is 0. The minimum Gasteiger partial charge on any atom is -0.210 e. The van der Waals surface area contributed by atoms with E-state index in [4.69, 9.17) is 0 Å². The zero-order valence-electron chi connectivity index (χ0n) is 14.8. The van der Waals surface area contributed by atoms with Gasteiger partial charge in [-0.3, -0.25) is 0 Å². The molecule has 0 aromatic rings. The molecular formula is C18H36F2S2. The molecule has 0 rings (SSSR count). The van der Waals surface area contributed by atoms with Gasteiger partial charge in [0.15, 0.2) is 0 Å². The van der Waals surface area contributed by atoms with E-state index in [9.17, 15) is 8.78 Å². The lowest BCUT2D eigenvalue weighted by atomic mass is 9.90. The zero-order valence-corrected chi connectivity index (χ0v) is 16.4. The second-order valence-electron chi connectivity index (χ2n) is 6.13. The number of alkyl halides is 2. The maximum atomic E-state index is 12.9. The number of hydrogen-bond donors (Lipinski definition) is 0. The first kappa shape index (κ1) is 22.6. The van der Waals surface area contributed by atoms with E-state index < -0.39 is 6.43 Å². The van der Waals surface area contributed by atoms with Crippen molar-refractivity contribution in [2.24, 2.45) is 5.92 Å². The summed E-state index contributed by atoms with van der Waals surface area (Å²) in [6, 6.07) is 0. The normalized spacial score (nSPS) is 13.2. The van der Waals surface area contributed by atoms with E-state index in [1.165, 1.54) is 51.4 Å². The van der Waals surface area contributed by atoms with E-state index in [0.29, 0.717) is 5.92 Å². The van der Waals surface area contributed by atoms with E-state index in [0.717, 1.165) is 18.6 Å². The Bertz CT molecular complexity index is 213. The third-order valence-electron chi connectivity index (χ3n) is 4.10. The molecule has 1 atom stereocenters. The Morgan fingerprint density at radius 2 is 1.32 bits per heavy atom. The van der Waals surface area contributed by atoms with Crippen LogP contribution in [0, 0.1) is 5.92 Å². The second-order valence-corrected chi connectivity index (χ2v) is 9.02. The van der Waals surface area contributed by atoms with Crippen molar-refractivity contribution in [3.05, 3.63) is 0 Å². The molecule has 0 spiro atoms. The summed E-state index contributed by atoms with van der Waals surface area (Å²) in [7, 11) is 3.48. The van der Waals surface area contributed by atoms with Crippen LogP contribution in [0.15, 0.2) is 0 Å². The standard InChI is InChI=1S/C18H36F2S2/c1-4-7-9-11-13-16(14-12-10-8-5-2)17(15-18(19)20)22-21-6-3/h16-18H,4-15H2,1-3H3/t17-/m0/s1. The third-order valence-corrected chi connectivity index (χ3v) is 7.16. The van der Waals surface area contributed by atoms with Crippen molar-refractivity contribution in [1.82, 2.24) is 0 Å². The fourth-order valence-corrected chi connectivity index (χ4v) is 5.43. The van der Waals surface area contributed by atoms with Gasteiger partial charge < -0.3 is 0 Å². The SMILES string of the molecule is CCCCCCC(CCCCCC)[C@H](CC(F)F)SSCC. The van der Waals surface area contributed by atoms with Crippen LogP contribution in [0.3, 0.4) is 0 Å². The van der Waals surface area contributed by atoms with Gasteiger partial charge in [0.2, 0.25) is 6.43 Å². The van der Waals surface area contributed by atoms with Crippen LogP contribution in [-0.4, -0.2) is 17.4 Å². The van der Waals surface area contributed by atoms with Gasteiger partial charge >= 0.3 is 0 Å². The van der Waals surface area contributed by atoms with Gasteiger partial charge in [0.1, 0.15) is 0 Å². The smallest absolute Gasteiger partial charge is 0.210 e. The van der Waals surface area contributed by atoms with Crippen LogP contribution in [0.4, 0.5) is 8.78 Å². The molecule has 134 valence electrons. The summed E-state index contributed by atoms with van der Waals surface area (Å²) in [5.41, 5.74) is 0. The minimum absolute atomic E-state index is 0.0733. The third kappa shape index (κ3) is 13.0. The summed E-state index contributed by atoms with van der Waals surface area (Å²) in [5.74, 6) is 1.48. The molecule has 0 aliphatic heterocycles. The molecule has 0 saturated heterocycles. The topological polar surface area (TPSA) is 0 Å². The van der Waals surface area contributed by atoms with Gasteiger partial charge in [-0.2, -0.15) is 0 Å². The number of halogens is 2. The predicted octanol–water partition coefficient (Wildman–Crippen LogP) is 7.97. The second kappa shape index (κ2) is 16.4. The zero-order chi connectivity index (χ0) is 16.6. The Hall–Kier alpha value is 0.560.